The lowest BCUT2D eigenvalue weighted by Gasteiger charge is -2.07. The fourth-order valence-electron chi connectivity index (χ4n) is 1.57. The number of benzene rings is 1. The molecule has 1 aromatic rings. The Kier molecular flexibility index (Phi) is 4.87. The molecular formula is C12H12N2O2. The molecule has 0 aliphatic carbocycles. The van der Waals surface area contributed by atoms with Crippen molar-refractivity contribution in [2.75, 3.05) is 0 Å². The van der Waals surface area contributed by atoms with Gasteiger partial charge in [0.05, 0.1) is 12.2 Å². The van der Waals surface area contributed by atoms with Crippen LogP contribution in [-0.2, 0) is 22.6 Å². The summed E-state index contributed by atoms with van der Waals surface area (Å²) in [5.74, 6) is 0. The predicted molar refractivity (Wildman–Crippen MR) is 60.0 cm³/mol. The van der Waals surface area contributed by atoms with Gasteiger partial charge >= 0.3 is 0 Å². The predicted octanol–water partition coefficient (Wildman–Crippen LogP) is 2.44. The first-order chi connectivity index (χ1) is 7.83. The third-order valence-electron chi connectivity index (χ3n) is 2.24. The smallest absolute Gasteiger partial charge is 0.211 e. The molecule has 16 heavy (non-hydrogen) atoms. The van der Waals surface area contributed by atoms with Gasteiger partial charge in [-0.3, -0.25) is 0 Å². The minimum atomic E-state index is 0.209. The first-order valence-corrected chi connectivity index (χ1v) is 5.05. The summed E-state index contributed by atoms with van der Waals surface area (Å²) in [7, 11) is 0. The molecule has 0 saturated heterocycles. The standard InChI is InChI=1S/C12H12N2O2/c1-2-4-10-5-3-6-12(14-9-16)11(10)7-13-8-15/h3,5-6H,2,4,7H2,1H3. The van der Waals surface area contributed by atoms with Gasteiger partial charge in [-0.05, 0) is 18.1 Å². The summed E-state index contributed by atoms with van der Waals surface area (Å²) in [6.07, 6.45) is 4.84. The number of hydrogen-bond acceptors (Lipinski definition) is 4. The van der Waals surface area contributed by atoms with Gasteiger partial charge in [-0.25, -0.2) is 14.6 Å². The van der Waals surface area contributed by atoms with E-state index in [1.165, 1.54) is 12.2 Å². The Bertz CT molecular complexity index is 456. The first-order valence-electron chi connectivity index (χ1n) is 5.05. The van der Waals surface area contributed by atoms with Crippen LogP contribution < -0.4 is 0 Å². The minimum Gasteiger partial charge on any atom is -0.211 e. The summed E-state index contributed by atoms with van der Waals surface area (Å²) < 4.78 is 0. The Labute approximate surface area is 93.7 Å². The van der Waals surface area contributed by atoms with Gasteiger partial charge < -0.3 is 0 Å². The summed E-state index contributed by atoms with van der Waals surface area (Å²) in [5.41, 5.74) is 2.38. The zero-order chi connectivity index (χ0) is 11.8. The summed E-state index contributed by atoms with van der Waals surface area (Å²) in [6, 6.07) is 5.48. The van der Waals surface area contributed by atoms with E-state index in [0.717, 1.165) is 24.0 Å². The normalized spacial score (nSPS) is 9.06. The van der Waals surface area contributed by atoms with Crippen molar-refractivity contribution in [2.45, 2.75) is 26.3 Å². The average molecular weight is 216 g/mol. The molecule has 1 rings (SSSR count). The zero-order valence-electron chi connectivity index (χ0n) is 9.06. The number of rotatable bonds is 5. The topological polar surface area (TPSA) is 58.9 Å². The molecule has 1 aromatic carbocycles. The first kappa shape index (κ1) is 12.1. The number of carbonyl (C=O) groups excluding carboxylic acids is 2. The molecule has 0 saturated carbocycles. The molecule has 0 fully saturated rings. The highest BCUT2D eigenvalue weighted by atomic mass is 16.1. The van der Waals surface area contributed by atoms with Crippen molar-refractivity contribution in [3.8, 4) is 0 Å². The van der Waals surface area contributed by atoms with Crippen LogP contribution in [0, 0.1) is 0 Å². The molecule has 0 atom stereocenters. The Morgan fingerprint density at radius 3 is 2.69 bits per heavy atom. The van der Waals surface area contributed by atoms with Gasteiger partial charge in [0.25, 0.3) is 0 Å². The lowest BCUT2D eigenvalue weighted by atomic mass is 10.0. The van der Waals surface area contributed by atoms with Gasteiger partial charge in [-0.2, -0.15) is 4.99 Å². The Morgan fingerprint density at radius 1 is 1.25 bits per heavy atom. The molecular weight excluding hydrogens is 204 g/mol. The van der Waals surface area contributed by atoms with E-state index in [1.54, 1.807) is 6.07 Å². The third kappa shape index (κ3) is 2.99. The number of isocyanates is 2. The highest BCUT2D eigenvalue weighted by Crippen LogP contribution is 2.24. The van der Waals surface area contributed by atoms with Crippen LogP contribution in [0.2, 0.25) is 0 Å². The number of hydrogen-bond donors (Lipinski definition) is 0. The minimum absolute atomic E-state index is 0.209. The number of aliphatic imine (C=N–C) groups is 2. The maximum absolute atomic E-state index is 10.3. The van der Waals surface area contributed by atoms with E-state index in [-0.39, 0.29) is 6.54 Å². The molecule has 0 aliphatic rings. The Morgan fingerprint density at radius 2 is 2.06 bits per heavy atom. The zero-order valence-corrected chi connectivity index (χ0v) is 9.06. The summed E-state index contributed by atoms with van der Waals surface area (Å²) >= 11 is 0. The fourth-order valence-corrected chi connectivity index (χ4v) is 1.57. The molecule has 0 unspecified atom stereocenters. The van der Waals surface area contributed by atoms with Gasteiger partial charge in [-0.1, -0.05) is 25.5 Å². The van der Waals surface area contributed by atoms with Crippen molar-refractivity contribution < 1.29 is 9.59 Å². The van der Waals surface area contributed by atoms with Crippen LogP contribution in [0.5, 0.6) is 0 Å². The molecule has 0 heterocycles. The quantitative estimate of drug-likeness (QED) is 0.560. The second kappa shape index (κ2) is 6.46. The third-order valence-corrected chi connectivity index (χ3v) is 2.24. The van der Waals surface area contributed by atoms with Crippen LogP contribution in [-0.4, -0.2) is 12.2 Å². The molecule has 0 aromatic heterocycles. The molecule has 0 bridgehead atoms. The second-order valence-corrected chi connectivity index (χ2v) is 3.28. The fraction of sp³-hybridized carbons (Fsp3) is 0.333. The van der Waals surface area contributed by atoms with Gasteiger partial charge in [-0.15, -0.1) is 0 Å². The summed E-state index contributed by atoms with van der Waals surface area (Å²) in [4.78, 5) is 27.5. The largest absolute Gasteiger partial charge is 0.240 e. The van der Waals surface area contributed by atoms with E-state index in [0.29, 0.717) is 5.69 Å². The van der Waals surface area contributed by atoms with Crippen molar-refractivity contribution in [3.63, 3.8) is 0 Å². The van der Waals surface area contributed by atoms with Crippen LogP contribution >= 0.6 is 0 Å². The SMILES string of the molecule is CCCc1cccc(N=C=O)c1CN=C=O. The lowest BCUT2D eigenvalue weighted by molar-refractivity contribution is 0.562. The van der Waals surface area contributed by atoms with Crippen molar-refractivity contribution in [2.24, 2.45) is 9.98 Å². The average Bonchev–Trinajstić information content (AvgIpc) is 2.29. The maximum Gasteiger partial charge on any atom is 0.240 e. The van der Waals surface area contributed by atoms with Crippen molar-refractivity contribution in [1.29, 1.82) is 0 Å². The number of aryl methyl sites for hydroxylation is 1. The molecule has 4 heteroatoms. The van der Waals surface area contributed by atoms with E-state index in [1.807, 2.05) is 12.1 Å². The van der Waals surface area contributed by atoms with Crippen LogP contribution in [0.25, 0.3) is 0 Å². The van der Waals surface area contributed by atoms with Gasteiger partial charge in [0.2, 0.25) is 12.2 Å². The molecule has 82 valence electrons. The van der Waals surface area contributed by atoms with Gasteiger partial charge in [0.15, 0.2) is 0 Å². The Hall–Kier alpha value is -2.02. The Balaban J connectivity index is 3.21. The molecule has 0 amide bonds. The lowest BCUT2D eigenvalue weighted by Crippen LogP contribution is -1.93. The summed E-state index contributed by atoms with van der Waals surface area (Å²) in [5, 5.41) is 0. The summed E-state index contributed by atoms with van der Waals surface area (Å²) in [6.45, 7) is 2.27. The van der Waals surface area contributed by atoms with Crippen LogP contribution in [0.1, 0.15) is 24.5 Å². The number of nitrogens with zero attached hydrogens (tertiary/aromatic N) is 2. The molecule has 0 N–H and O–H groups in total. The van der Waals surface area contributed by atoms with E-state index in [9.17, 15) is 9.59 Å². The van der Waals surface area contributed by atoms with Crippen LogP contribution in [0.4, 0.5) is 5.69 Å². The molecule has 0 aliphatic heterocycles. The molecule has 0 spiro atoms. The second-order valence-electron chi connectivity index (χ2n) is 3.28. The van der Waals surface area contributed by atoms with Gasteiger partial charge in [0.1, 0.15) is 0 Å². The highest BCUT2D eigenvalue weighted by Gasteiger charge is 2.06. The van der Waals surface area contributed by atoms with Gasteiger partial charge in [0, 0.05) is 5.56 Å². The molecule has 0 radical (unpaired) electrons. The van der Waals surface area contributed by atoms with E-state index in [4.69, 9.17) is 0 Å². The molecule has 4 nitrogen and oxygen atoms in total. The van der Waals surface area contributed by atoms with Crippen LogP contribution in [0.3, 0.4) is 0 Å². The monoisotopic (exact) mass is 216 g/mol. The van der Waals surface area contributed by atoms with E-state index >= 15 is 0 Å². The van der Waals surface area contributed by atoms with Crippen molar-refractivity contribution in [1.82, 2.24) is 0 Å². The van der Waals surface area contributed by atoms with E-state index < -0.39 is 0 Å². The van der Waals surface area contributed by atoms with Crippen LogP contribution in [0.15, 0.2) is 28.2 Å². The maximum atomic E-state index is 10.3. The van der Waals surface area contributed by atoms with Crippen molar-refractivity contribution >= 4 is 17.8 Å². The van der Waals surface area contributed by atoms with Crippen molar-refractivity contribution in [3.05, 3.63) is 29.3 Å². The van der Waals surface area contributed by atoms with E-state index in [2.05, 4.69) is 16.9 Å². The highest BCUT2D eigenvalue weighted by molar-refractivity contribution is 5.56.